The largest absolute Gasteiger partial charge is 0.493 e. The molecule has 0 radical (unpaired) electrons. The van der Waals surface area contributed by atoms with Gasteiger partial charge in [0, 0.05) is 16.9 Å². The van der Waals surface area contributed by atoms with E-state index in [0.29, 0.717) is 25.3 Å². The highest BCUT2D eigenvalue weighted by Crippen LogP contribution is 2.36. The van der Waals surface area contributed by atoms with E-state index >= 15 is 0 Å². The Hall–Kier alpha value is -2.05. The predicted molar refractivity (Wildman–Crippen MR) is 85.0 cm³/mol. The number of carbonyl (C=O) groups excluding carboxylic acids is 1. The van der Waals surface area contributed by atoms with Crippen LogP contribution in [0, 0.1) is 0 Å². The van der Waals surface area contributed by atoms with Crippen LogP contribution in [-0.4, -0.2) is 24.3 Å². The zero-order valence-corrected chi connectivity index (χ0v) is 12.9. The number of aliphatic hydroxyl groups is 1. The molecule has 22 heavy (non-hydrogen) atoms. The molecule has 1 aromatic carbocycles. The first-order chi connectivity index (χ1) is 10.7. The van der Waals surface area contributed by atoms with Crippen molar-refractivity contribution in [3.05, 3.63) is 52.2 Å². The molecule has 0 fully saturated rings. The first-order valence-electron chi connectivity index (χ1n) is 7.16. The molecule has 0 saturated carbocycles. The van der Waals surface area contributed by atoms with Crippen LogP contribution >= 0.6 is 11.3 Å². The van der Waals surface area contributed by atoms with Crippen molar-refractivity contribution in [2.45, 2.75) is 18.6 Å². The molecular weight excluding hydrogens is 300 g/mol. The van der Waals surface area contributed by atoms with Gasteiger partial charge < -0.3 is 20.5 Å². The molecule has 0 saturated heterocycles. The van der Waals surface area contributed by atoms with Gasteiger partial charge in [0.25, 0.3) is 0 Å². The van der Waals surface area contributed by atoms with E-state index in [1.165, 1.54) is 0 Å². The van der Waals surface area contributed by atoms with E-state index < -0.39 is 5.60 Å². The zero-order valence-electron chi connectivity index (χ0n) is 12.0. The normalized spacial score (nSPS) is 19.9. The van der Waals surface area contributed by atoms with Crippen LogP contribution in [0.15, 0.2) is 41.8 Å². The third kappa shape index (κ3) is 3.23. The summed E-state index contributed by atoms with van der Waals surface area (Å²) in [5.74, 6) is 0.678. The Bertz CT molecular complexity index is 645. The second-order valence-electron chi connectivity index (χ2n) is 5.24. The zero-order chi connectivity index (χ0) is 15.4. The molecule has 3 rings (SSSR count). The number of thiophene rings is 1. The van der Waals surface area contributed by atoms with Crippen molar-refractivity contribution in [2.24, 2.45) is 0 Å². The number of ether oxygens (including phenoxy) is 1. The Morgan fingerprint density at radius 3 is 2.95 bits per heavy atom. The topological polar surface area (TPSA) is 70.6 Å². The van der Waals surface area contributed by atoms with Gasteiger partial charge in [-0.05, 0) is 17.5 Å². The third-order valence-electron chi connectivity index (χ3n) is 3.71. The summed E-state index contributed by atoms with van der Waals surface area (Å²) in [7, 11) is 0. The lowest BCUT2D eigenvalue weighted by atomic mass is 9.88. The summed E-state index contributed by atoms with van der Waals surface area (Å²) in [4.78, 5) is 13.0. The summed E-state index contributed by atoms with van der Waals surface area (Å²) in [6.45, 7) is 1.08. The maximum absolute atomic E-state index is 11.9. The van der Waals surface area contributed by atoms with Crippen LogP contribution in [0.5, 0.6) is 5.75 Å². The van der Waals surface area contributed by atoms with Gasteiger partial charge in [0.1, 0.15) is 11.4 Å². The molecule has 1 atom stereocenters. The molecule has 2 amide bonds. The first kappa shape index (κ1) is 14.9. The standard InChI is InChI=1S/C16H18N2O3S/c19-15(17-10-12-4-3-9-22-12)18-11-16(20)7-8-21-14-6-2-1-5-13(14)16/h1-6,9,20H,7-8,10-11H2,(H2,17,18,19)/t16-/m0/s1. The number of hydrogen-bond acceptors (Lipinski definition) is 4. The molecule has 5 nitrogen and oxygen atoms in total. The molecule has 6 heteroatoms. The maximum Gasteiger partial charge on any atom is 0.315 e. The summed E-state index contributed by atoms with van der Waals surface area (Å²) in [5, 5.41) is 18.3. The molecule has 0 bridgehead atoms. The molecule has 0 unspecified atom stereocenters. The first-order valence-corrected chi connectivity index (χ1v) is 8.04. The van der Waals surface area contributed by atoms with Crippen molar-refractivity contribution in [1.82, 2.24) is 10.6 Å². The summed E-state index contributed by atoms with van der Waals surface area (Å²) < 4.78 is 5.54. The second kappa shape index (κ2) is 6.37. The van der Waals surface area contributed by atoms with Gasteiger partial charge in [0.15, 0.2) is 0 Å². The fraction of sp³-hybridized carbons (Fsp3) is 0.312. The minimum atomic E-state index is -1.09. The van der Waals surface area contributed by atoms with E-state index in [9.17, 15) is 9.90 Å². The Morgan fingerprint density at radius 2 is 2.14 bits per heavy atom. The van der Waals surface area contributed by atoms with Crippen LogP contribution in [0.1, 0.15) is 16.9 Å². The molecular formula is C16H18N2O3S. The summed E-state index contributed by atoms with van der Waals surface area (Å²) in [5.41, 5.74) is -0.366. The van der Waals surface area contributed by atoms with Crippen molar-refractivity contribution in [3.8, 4) is 5.75 Å². The minimum absolute atomic E-state index is 0.156. The van der Waals surface area contributed by atoms with Gasteiger partial charge in [-0.3, -0.25) is 0 Å². The highest BCUT2D eigenvalue weighted by Gasteiger charge is 2.35. The number of carbonyl (C=O) groups is 1. The van der Waals surface area contributed by atoms with E-state index in [-0.39, 0.29) is 12.6 Å². The van der Waals surface area contributed by atoms with Crippen molar-refractivity contribution >= 4 is 17.4 Å². The van der Waals surface area contributed by atoms with Crippen LogP contribution in [0.3, 0.4) is 0 Å². The number of rotatable bonds is 4. The molecule has 2 heterocycles. The quantitative estimate of drug-likeness (QED) is 0.809. The van der Waals surface area contributed by atoms with Crippen LogP contribution in [-0.2, 0) is 12.1 Å². The van der Waals surface area contributed by atoms with Gasteiger partial charge in [-0.15, -0.1) is 11.3 Å². The number of urea groups is 1. The van der Waals surface area contributed by atoms with Crippen molar-refractivity contribution in [2.75, 3.05) is 13.2 Å². The van der Waals surface area contributed by atoms with Crippen molar-refractivity contribution in [1.29, 1.82) is 0 Å². The summed E-state index contributed by atoms with van der Waals surface area (Å²) in [6, 6.07) is 11.0. The van der Waals surface area contributed by atoms with Crippen molar-refractivity contribution in [3.63, 3.8) is 0 Å². The van der Waals surface area contributed by atoms with E-state index in [0.717, 1.165) is 10.4 Å². The van der Waals surface area contributed by atoms with Gasteiger partial charge in [-0.25, -0.2) is 4.79 Å². The predicted octanol–water partition coefficient (Wildman–Crippen LogP) is 2.22. The molecule has 116 valence electrons. The Balaban J connectivity index is 1.58. The average molecular weight is 318 g/mol. The Labute approximate surface area is 132 Å². The lowest BCUT2D eigenvalue weighted by Gasteiger charge is -2.34. The molecule has 1 aromatic heterocycles. The molecule has 1 aliphatic rings. The second-order valence-corrected chi connectivity index (χ2v) is 6.27. The highest BCUT2D eigenvalue weighted by molar-refractivity contribution is 7.09. The number of fused-ring (bicyclic) bond motifs is 1. The summed E-state index contributed by atoms with van der Waals surface area (Å²) >= 11 is 1.59. The molecule has 2 aromatic rings. The fourth-order valence-corrected chi connectivity index (χ4v) is 3.14. The number of benzene rings is 1. The van der Waals surface area contributed by atoms with E-state index in [2.05, 4.69) is 10.6 Å². The van der Waals surface area contributed by atoms with E-state index in [1.807, 2.05) is 41.8 Å². The highest BCUT2D eigenvalue weighted by atomic mass is 32.1. The Morgan fingerprint density at radius 1 is 1.27 bits per heavy atom. The number of hydrogen-bond donors (Lipinski definition) is 3. The van der Waals surface area contributed by atoms with Gasteiger partial charge in [-0.1, -0.05) is 24.3 Å². The van der Waals surface area contributed by atoms with Crippen LogP contribution < -0.4 is 15.4 Å². The maximum atomic E-state index is 11.9. The van der Waals surface area contributed by atoms with Crippen molar-refractivity contribution < 1.29 is 14.6 Å². The lowest BCUT2D eigenvalue weighted by molar-refractivity contribution is 0.0000643. The van der Waals surface area contributed by atoms with Gasteiger partial charge in [0.05, 0.1) is 19.7 Å². The van der Waals surface area contributed by atoms with Crippen LogP contribution in [0.2, 0.25) is 0 Å². The third-order valence-corrected chi connectivity index (χ3v) is 4.58. The lowest BCUT2D eigenvalue weighted by Crippen LogP contribution is -2.46. The average Bonchev–Trinajstić information content (AvgIpc) is 3.05. The molecule has 3 N–H and O–H groups in total. The Kier molecular flexibility index (Phi) is 4.31. The number of amides is 2. The monoisotopic (exact) mass is 318 g/mol. The SMILES string of the molecule is O=C(NCc1cccs1)NC[C@@]1(O)CCOc2ccccc21. The minimum Gasteiger partial charge on any atom is -0.493 e. The molecule has 0 aliphatic carbocycles. The number of nitrogens with one attached hydrogen (secondary N) is 2. The molecule has 0 spiro atoms. The van der Waals surface area contributed by atoms with Gasteiger partial charge in [-0.2, -0.15) is 0 Å². The van der Waals surface area contributed by atoms with E-state index in [4.69, 9.17) is 4.74 Å². The smallest absolute Gasteiger partial charge is 0.315 e. The fourth-order valence-electron chi connectivity index (χ4n) is 2.49. The van der Waals surface area contributed by atoms with Gasteiger partial charge >= 0.3 is 6.03 Å². The van der Waals surface area contributed by atoms with Gasteiger partial charge in [0.2, 0.25) is 0 Å². The van der Waals surface area contributed by atoms with Crippen LogP contribution in [0.4, 0.5) is 4.79 Å². The van der Waals surface area contributed by atoms with E-state index in [1.54, 1.807) is 11.3 Å². The van der Waals surface area contributed by atoms with Crippen LogP contribution in [0.25, 0.3) is 0 Å². The molecule has 1 aliphatic heterocycles. The summed E-state index contributed by atoms with van der Waals surface area (Å²) in [6.07, 6.45) is 0.454. The number of para-hydroxylation sites is 1.